The van der Waals surface area contributed by atoms with Gasteiger partial charge in [0, 0.05) is 24.7 Å². The summed E-state index contributed by atoms with van der Waals surface area (Å²) < 4.78 is 26.5. The molecule has 9 heteroatoms. The van der Waals surface area contributed by atoms with Gasteiger partial charge in [0.05, 0.1) is 23.9 Å². The van der Waals surface area contributed by atoms with E-state index in [1.165, 1.54) is 0 Å². The second-order valence-electron chi connectivity index (χ2n) is 12.2. The molecule has 3 heterocycles. The predicted octanol–water partition coefficient (Wildman–Crippen LogP) is 6.74. The van der Waals surface area contributed by atoms with Crippen LogP contribution in [0.3, 0.4) is 0 Å². The summed E-state index contributed by atoms with van der Waals surface area (Å²) in [6, 6.07) is 12.0. The van der Waals surface area contributed by atoms with Gasteiger partial charge in [0.1, 0.15) is 17.5 Å². The molecule has 1 saturated heterocycles. The van der Waals surface area contributed by atoms with E-state index in [2.05, 4.69) is 52.1 Å². The van der Waals surface area contributed by atoms with Gasteiger partial charge in [-0.05, 0) is 81.9 Å². The fourth-order valence-electron chi connectivity index (χ4n) is 4.31. The molecule has 3 unspecified atom stereocenters. The van der Waals surface area contributed by atoms with Crippen LogP contribution in [-0.4, -0.2) is 60.2 Å². The summed E-state index contributed by atoms with van der Waals surface area (Å²) in [4.78, 5) is 4.82. The van der Waals surface area contributed by atoms with E-state index in [-0.39, 0.29) is 23.5 Å². The number of hydrogen-bond acceptors (Lipinski definition) is 7. The van der Waals surface area contributed by atoms with E-state index in [0.717, 1.165) is 53.9 Å². The Morgan fingerprint density at radius 3 is 2.64 bits per heavy atom. The van der Waals surface area contributed by atoms with Crippen molar-refractivity contribution in [1.29, 1.82) is 0 Å². The van der Waals surface area contributed by atoms with Crippen LogP contribution in [0.15, 0.2) is 36.4 Å². The normalized spacial score (nSPS) is 18.2. The third-order valence-corrected chi connectivity index (χ3v) is 12.0. The SMILES string of the molecule is CC(O)CCOCC(C)Oc1cccc(-c2nn(C3CCCCO3)c3ccc(O[Si](C)(C)C(C)(C)C)cc23)n1. The molecule has 214 valence electrons. The maximum atomic E-state index is 9.42. The van der Waals surface area contributed by atoms with E-state index in [0.29, 0.717) is 25.5 Å². The van der Waals surface area contributed by atoms with E-state index in [1.807, 2.05) is 29.8 Å². The van der Waals surface area contributed by atoms with Crippen LogP contribution in [0.1, 0.15) is 66.5 Å². The lowest BCUT2D eigenvalue weighted by atomic mass is 10.1. The van der Waals surface area contributed by atoms with Gasteiger partial charge in [-0.25, -0.2) is 9.67 Å². The number of benzene rings is 1. The molecule has 1 aliphatic heterocycles. The minimum atomic E-state index is -2.02. The maximum absolute atomic E-state index is 9.42. The lowest BCUT2D eigenvalue weighted by Gasteiger charge is -2.36. The number of ether oxygens (including phenoxy) is 3. The zero-order chi connectivity index (χ0) is 28.2. The van der Waals surface area contributed by atoms with Gasteiger partial charge in [-0.1, -0.05) is 26.8 Å². The molecule has 0 bridgehead atoms. The van der Waals surface area contributed by atoms with Gasteiger partial charge >= 0.3 is 0 Å². The van der Waals surface area contributed by atoms with E-state index in [4.69, 9.17) is 28.7 Å². The third kappa shape index (κ3) is 7.39. The largest absolute Gasteiger partial charge is 0.543 e. The topological polar surface area (TPSA) is 87.9 Å². The Morgan fingerprint density at radius 1 is 1.15 bits per heavy atom. The van der Waals surface area contributed by atoms with Gasteiger partial charge in [-0.3, -0.25) is 0 Å². The molecule has 0 spiro atoms. The summed E-state index contributed by atoms with van der Waals surface area (Å²) in [5.74, 6) is 1.37. The predicted molar refractivity (Wildman–Crippen MR) is 157 cm³/mol. The van der Waals surface area contributed by atoms with Crippen LogP contribution in [0.5, 0.6) is 11.6 Å². The fourth-order valence-corrected chi connectivity index (χ4v) is 5.33. The first-order valence-corrected chi connectivity index (χ1v) is 17.1. The first-order chi connectivity index (χ1) is 18.4. The molecule has 2 aromatic heterocycles. The van der Waals surface area contributed by atoms with Crippen molar-refractivity contribution in [3.05, 3.63) is 36.4 Å². The summed E-state index contributed by atoms with van der Waals surface area (Å²) >= 11 is 0. The second-order valence-corrected chi connectivity index (χ2v) is 16.9. The number of hydrogen-bond donors (Lipinski definition) is 1. The minimum absolute atomic E-state index is 0.0921. The van der Waals surface area contributed by atoms with Crippen molar-refractivity contribution >= 4 is 19.2 Å². The maximum Gasteiger partial charge on any atom is 0.250 e. The molecular formula is C30H45N3O5Si. The fraction of sp³-hybridized carbons (Fsp3) is 0.600. The van der Waals surface area contributed by atoms with Crippen molar-refractivity contribution in [3.8, 4) is 23.0 Å². The average Bonchev–Trinajstić information content (AvgIpc) is 3.25. The Bertz CT molecular complexity index is 1230. The van der Waals surface area contributed by atoms with Gasteiger partial charge in [-0.2, -0.15) is 5.10 Å². The first-order valence-electron chi connectivity index (χ1n) is 14.2. The van der Waals surface area contributed by atoms with E-state index < -0.39 is 8.32 Å². The molecule has 0 saturated carbocycles. The van der Waals surface area contributed by atoms with Crippen molar-refractivity contribution in [3.63, 3.8) is 0 Å². The Hall–Kier alpha value is -2.46. The summed E-state index contributed by atoms with van der Waals surface area (Å²) in [7, 11) is -2.02. The van der Waals surface area contributed by atoms with E-state index in [9.17, 15) is 5.11 Å². The molecular weight excluding hydrogens is 510 g/mol. The van der Waals surface area contributed by atoms with Crippen LogP contribution in [-0.2, 0) is 9.47 Å². The molecule has 1 aromatic carbocycles. The second kappa shape index (κ2) is 12.4. The Labute approximate surface area is 233 Å². The quantitative estimate of drug-likeness (QED) is 0.207. The number of rotatable bonds is 11. The van der Waals surface area contributed by atoms with E-state index >= 15 is 0 Å². The molecule has 0 amide bonds. The van der Waals surface area contributed by atoms with Gasteiger partial charge < -0.3 is 23.7 Å². The molecule has 1 aliphatic rings. The smallest absolute Gasteiger partial charge is 0.250 e. The molecule has 39 heavy (non-hydrogen) atoms. The summed E-state index contributed by atoms with van der Waals surface area (Å²) in [5, 5.41) is 15.5. The number of fused-ring (bicyclic) bond motifs is 1. The lowest BCUT2D eigenvalue weighted by Crippen LogP contribution is -2.43. The van der Waals surface area contributed by atoms with Gasteiger partial charge in [0.2, 0.25) is 14.2 Å². The van der Waals surface area contributed by atoms with Crippen molar-refractivity contribution in [1.82, 2.24) is 14.8 Å². The average molecular weight is 556 g/mol. The highest BCUT2D eigenvalue weighted by molar-refractivity contribution is 6.74. The molecule has 0 radical (unpaired) electrons. The van der Waals surface area contributed by atoms with Crippen LogP contribution in [0, 0.1) is 0 Å². The number of pyridine rings is 1. The first kappa shape index (κ1) is 29.5. The van der Waals surface area contributed by atoms with Crippen molar-refractivity contribution in [2.45, 2.75) is 96.9 Å². The van der Waals surface area contributed by atoms with Crippen molar-refractivity contribution in [2.24, 2.45) is 0 Å². The Balaban J connectivity index is 1.64. The van der Waals surface area contributed by atoms with Gasteiger partial charge in [0.15, 0.2) is 6.23 Å². The molecule has 3 atom stereocenters. The highest BCUT2D eigenvalue weighted by Gasteiger charge is 2.39. The highest BCUT2D eigenvalue weighted by Crippen LogP contribution is 2.39. The zero-order valence-corrected chi connectivity index (χ0v) is 25.6. The standard InChI is InChI=1S/C30H45N3O5Si/c1-21(34)16-18-35-20-22(2)37-27-12-10-11-25(31-27)29-24-19-23(38-39(6,7)30(3,4)5)14-15-26(24)33(32-29)28-13-8-9-17-36-28/h10-12,14-15,19,21-22,28,34H,8-9,13,16-18,20H2,1-7H3. The number of aliphatic hydroxyl groups is 1. The van der Waals surface area contributed by atoms with Crippen LogP contribution in [0.4, 0.5) is 0 Å². The van der Waals surface area contributed by atoms with Crippen LogP contribution >= 0.6 is 0 Å². The molecule has 1 N–H and O–H groups in total. The van der Waals surface area contributed by atoms with Crippen LogP contribution < -0.4 is 9.16 Å². The Morgan fingerprint density at radius 2 is 1.95 bits per heavy atom. The van der Waals surface area contributed by atoms with E-state index in [1.54, 1.807) is 6.92 Å². The lowest BCUT2D eigenvalue weighted by molar-refractivity contribution is -0.0365. The van der Waals surface area contributed by atoms with Crippen LogP contribution in [0.25, 0.3) is 22.3 Å². The van der Waals surface area contributed by atoms with Gasteiger partial charge in [-0.15, -0.1) is 0 Å². The van der Waals surface area contributed by atoms with Crippen molar-refractivity contribution in [2.75, 3.05) is 19.8 Å². The number of aliphatic hydroxyl groups excluding tert-OH is 1. The molecule has 3 aromatic rings. The molecule has 1 fully saturated rings. The summed E-state index contributed by atoms with van der Waals surface area (Å²) in [6.07, 6.45) is 3.07. The number of aromatic nitrogens is 3. The highest BCUT2D eigenvalue weighted by atomic mass is 28.4. The van der Waals surface area contributed by atoms with Gasteiger partial charge in [0.25, 0.3) is 0 Å². The summed E-state index contributed by atoms with van der Waals surface area (Å²) in [5.41, 5.74) is 2.53. The Kier molecular flexibility index (Phi) is 9.36. The number of nitrogens with zero attached hydrogens (tertiary/aromatic N) is 3. The monoisotopic (exact) mass is 555 g/mol. The minimum Gasteiger partial charge on any atom is -0.543 e. The summed E-state index contributed by atoms with van der Waals surface area (Å²) in [6.45, 7) is 16.6. The van der Waals surface area contributed by atoms with Crippen molar-refractivity contribution < 1.29 is 23.7 Å². The molecule has 8 nitrogen and oxygen atoms in total. The van der Waals surface area contributed by atoms with Crippen LogP contribution in [0.2, 0.25) is 18.1 Å². The molecule has 0 aliphatic carbocycles. The third-order valence-electron chi connectivity index (χ3n) is 7.61. The zero-order valence-electron chi connectivity index (χ0n) is 24.6. The molecule has 4 rings (SSSR count).